The van der Waals surface area contributed by atoms with Gasteiger partial charge in [-0.3, -0.25) is 19.3 Å². The highest BCUT2D eigenvalue weighted by atomic mass is 35.5. The van der Waals surface area contributed by atoms with Crippen LogP contribution < -0.4 is 5.32 Å². The van der Waals surface area contributed by atoms with Crippen LogP contribution in [0, 0.1) is 0 Å². The van der Waals surface area contributed by atoms with E-state index in [1.54, 1.807) is 36.4 Å². The number of carbonyl (C=O) groups is 3. The normalized spacial score (nSPS) is 14.8. The number of amides is 3. The van der Waals surface area contributed by atoms with Crippen LogP contribution in [-0.2, 0) is 9.59 Å². The Balaban J connectivity index is 1.31. The average molecular weight is 523 g/mol. The lowest BCUT2D eigenvalue weighted by molar-refractivity contribution is -0.127. The summed E-state index contributed by atoms with van der Waals surface area (Å²) in [5.41, 5.74) is 1.22. The van der Waals surface area contributed by atoms with Crippen molar-refractivity contribution in [2.24, 2.45) is 0 Å². The first-order valence-corrected chi connectivity index (χ1v) is 12.0. The number of nitrogens with one attached hydrogen (secondary N) is 1. The number of imide groups is 1. The molecule has 3 amide bonds. The maximum atomic E-state index is 12.9. The summed E-state index contributed by atoms with van der Waals surface area (Å²) >= 11 is 13.1. The van der Waals surface area contributed by atoms with Crippen molar-refractivity contribution in [1.82, 2.24) is 4.90 Å². The maximum absolute atomic E-state index is 12.9. The molecule has 0 atom stereocenters. The van der Waals surface area contributed by atoms with Gasteiger partial charge in [-0.15, -0.1) is 0 Å². The smallest absolute Gasteiger partial charge is 0.294 e. The Bertz CT molecular complexity index is 1520. The van der Waals surface area contributed by atoms with Crippen molar-refractivity contribution in [1.29, 1.82) is 0 Å². The van der Waals surface area contributed by atoms with E-state index in [4.69, 9.17) is 27.6 Å². The molecular weight excluding hydrogens is 507 g/mol. The number of benzene rings is 3. The molecule has 0 radical (unpaired) electrons. The second-order valence-corrected chi connectivity index (χ2v) is 9.42. The summed E-state index contributed by atoms with van der Waals surface area (Å²) in [5.74, 6) is -0.202. The van der Waals surface area contributed by atoms with Crippen molar-refractivity contribution >= 4 is 74.6 Å². The van der Waals surface area contributed by atoms with Gasteiger partial charge in [-0.2, -0.15) is 0 Å². The Morgan fingerprint density at radius 3 is 2.60 bits per heavy atom. The molecule has 1 saturated heterocycles. The van der Waals surface area contributed by atoms with Crippen LogP contribution in [0.3, 0.4) is 0 Å². The van der Waals surface area contributed by atoms with Crippen LogP contribution in [0.5, 0.6) is 0 Å². The Morgan fingerprint density at radius 1 is 0.971 bits per heavy atom. The van der Waals surface area contributed by atoms with E-state index in [-0.39, 0.29) is 4.91 Å². The van der Waals surface area contributed by atoms with Gasteiger partial charge >= 0.3 is 0 Å². The molecule has 1 aliphatic heterocycles. The molecule has 1 N–H and O–H groups in total. The second kappa shape index (κ2) is 9.62. The second-order valence-electron chi connectivity index (χ2n) is 7.65. The number of hydrogen-bond acceptors (Lipinski definition) is 5. The van der Waals surface area contributed by atoms with Crippen LogP contribution in [0.2, 0.25) is 10.0 Å². The van der Waals surface area contributed by atoms with E-state index in [0.717, 1.165) is 27.4 Å². The number of rotatable bonds is 5. The zero-order valence-electron chi connectivity index (χ0n) is 18.0. The monoisotopic (exact) mass is 522 g/mol. The molecule has 1 fully saturated rings. The van der Waals surface area contributed by atoms with Crippen molar-refractivity contribution in [2.45, 2.75) is 0 Å². The minimum atomic E-state index is -0.563. The largest absolute Gasteiger partial charge is 0.457 e. The molecule has 9 heteroatoms. The van der Waals surface area contributed by atoms with Crippen LogP contribution >= 0.6 is 35.0 Å². The Morgan fingerprint density at radius 2 is 1.74 bits per heavy atom. The van der Waals surface area contributed by atoms with Gasteiger partial charge in [0.2, 0.25) is 5.91 Å². The van der Waals surface area contributed by atoms with Crippen molar-refractivity contribution < 1.29 is 18.8 Å². The van der Waals surface area contributed by atoms with Gasteiger partial charge in [0.05, 0.1) is 15.0 Å². The zero-order valence-corrected chi connectivity index (χ0v) is 20.3. The average Bonchev–Trinajstić information content (AvgIpc) is 3.41. The predicted octanol–water partition coefficient (Wildman–Crippen LogP) is 7.08. The van der Waals surface area contributed by atoms with Gasteiger partial charge in [0.15, 0.2) is 0 Å². The van der Waals surface area contributed by atoms with E-state index in [9.17, 15) is 14.4 Å². The van der Waals surface area contributed by atoms with Crippen molar-refractivity contribution in [3.05, 3.63) is 93.5 Å². The fraction of sp³-hybridized carbons (Fsp3) is 0.0385. The zero-order chi connectivity index (χ0) is 24.5. The third-order valence-corrected chi connectivity index (χ3v) is 7.08. The number of anilines is 1. The predicted molar refractivity (Wildman–Crippen MR) is 139 cm³/mol. The van der Waals surface area contributed by atoms with Gasteiger partial charge in [0.25, 0.3) is 11.1 Å². The fourth-order valence-electron chi connectivity index (χ4n) is 3.70. The van der Waals surface area contributed by atoms with Gasteiger partial charge in [-0.25, -0.2) is 0 Å². The molecule has 6 nitrogen and oxygen atoms in total. The van der Waals surface area contributed by atoms with E-state index in [2.05, 4.69) is 5.32 Å². The highest BCUT2D eigenvalue weighted by Crippen LogP contribution is 2.36. The molecule has 35 heavy (non-hydrogen) atoms. The molecule has 1 aliphatic rings. The van der Waals surface area contributed by atoms with E-state index >= 15 is 0 Å². The Labute approximate surface area is 214 Å². The Kier molecular flexibility index (Phi) is 6.38. The first-order chi connectivity index (χ1) is 16.9. The number of thioether (sulfide) groups is 1. The minimum Gasteiger partial charge on any atom is -0.457 e. The molecule has 4 aromatic rings. The summed E-state index contributed by atoms with van der Waals surface area (Å²) in [4.78, 5) is 39.1. The first-order valence-electron chi connectivity index (χ1n) is 10.5. The van der Waals surface area contributed by atoms with Crippen LogP contribution in [0.25, 0.3) is 28.2 Å². The molecule has 0 spiro atoms. The third-order valence-electron chi connectivity index (χ3n) is 5.36. The van der Waals surface area contributed by atoms with Crippen molar-refractivity contribution in [3.8, 4) is 11.3 Å². The summed E-state index contributed by atoms with van der Waals surface area (Å²) in [7, 11) is 0. The summed E-state index contributed by atoms with van der Waals surface area (Å²) in [6, 6.07) is 21.7. The highest BCUT2D eigenvalue weighted by molar-refractivity contribution is 8.18. The molecule has 0 saturated carbocycles. The van der Waals surface area contributed by atoms with E-state index in [1.807, 2.05) is 36.4 Å². The van der Waals surface area contributed by atoms with E-state index in [1.165, 1.54) is 6.08 Å². The van der Waals surface area contributed by atoms with Gasteiger partial charge in [0.1, 0.15) is 18.1 Å². The number of fused-ring (bicyclic) bond motifs is 1. The van der Waals surface area contributed by atoms with Crippen molar-refractivity contribution in [2.75, 3.05) is 11.9 Å². The lowest BCUT2D eigenvalue weighted by Gasteiger charge is -2.13. The van der Waals surface area contributed by atoms with Crippen LogP contribution in [0.1, 0.15) is 5.76 Å². The first kappa shape index (κ1) is 23.2. The number of hydrogen-bond donors (Lipinski definition) is 1. The molecule has 3 aromatic carbocycles. The molecule has 2 heterocycles. The number of nitrogens with zero attached hydrogens (tertiary/aromatic N) is 1. The van der Waals surface area contributed by atoms with Crippen molar-refractivity contribution in [3.63, 3.8) is 0 Å². The molecule has 5 rings (SSSR count). The number of halogens is 2. The fourth-order valence-corrected chi connectivity index (χ4v) is 4.91. The quantitative estimate of drug-likeness (QED) is 0.283. The molecule has 0 unspecified atom stereocenters. The van der Waals surface area contributed by atoms with Crippen LogP contribution in [0.15, 0.2) is 82.1 Å². The summed E-state index contributed by atoms with van der Waals surface area (Å²) < 4.78 is 5.79. The highest BCUT2D eigenvalue weighted by Gasteiger charge is 2.36. The van der Waals surface area contributed by atoms with Gasteiger partial charge in [-0.1, -0.05) is 65.7 Å². The number of carbonyl (C=O) groups excluding carboxylic acids is 3. The van der Waals surface area contributed by atoms with Crippen LogP contribution in [0.4, 0.5) is 10.5 Å². The molecule has 1 aromatic heterocycles. The SMILES string of the molecule is O=C(CN1C(=O)S/C(=C/c2ccc(-c3cccc(Cl)c3Cl)o2)C1=O)Nc1cccc2ccccc12. The minimum absolute atomic E-state index is 0.158. The molecular formula is C26H16Cl2N2O4S. The van der Waals surface area contributed by atoms with Gasteiger partial charge < -0.3 is 9.73 Å². The van der Waals surface area contributed by atoms with Gasteiger partial charge in [-0.05, 0) is 47.5 Å². The molecule has 0 bridgehead atoms. The van der Waals surface area contributed by atoms with Gasteiger partial charge in [0, 0.05) is 22.7 Å². The van der Waals surface area contributed by atoms with E-state index < -0.39 is 23.6 Å². The van der Waals surface area contributed by atoms with Crippen LogP contribution in [-0.4, -0.2) is 28.5 Å². The van der Waals surface area contributed by atoms with E-state index in [0.29, 0.717) is 32.8 Å². The molecule has 174 valence electrons. The lowest BCUT2D eigenvalue weighted by Crippen LogP contribution is -2.36. The standard InChI is InChI=1S/C26H16Cl2N2O4S/c27-19-9-4-8-18(24(19)28)21-12-11-16(34-21)13-22-25(32)30(26(33)35-22)14-23(31)29-20-10-3-6-15-5-1-2-7-17(15)20/h1-13H,14H2,(H,29,31)/b22-13+. The maximum Gasteiger partial charge on any atom is 0.294 e. The third kappa shape index (κ3) is 4.71. The topological polar surface area (TPSA) is 79.6 Å². The summed E-state index contributed by atoms with van der Waals surface area (Å²) in [6.45, 7) is -0.396. The summed E-state index contributed by atoms with van der Waals surface area (Å²) in [5, 5.41) is 4.85. The molecule has 0 aliphatic carbocycles. The lowest BCUT2D eigenvalue weighted by atomic mass is 10.1. The number of furan rings is 1. The summed E-state index contributed by atoms with van der Waals surface area (Å²) in [6.07, 6.45) is 1.47. The Hall–Kier alpha value is -3.52.